The number of nitrogens with zero attached hydrogens (tertiary/aromatic N) is 1. The summed E-state index contributed by atoms with van der Waals surface area (Å²) in [5, 5.41) is 22.6. The summed E-state index contributed by atoms with van der Waals surface area (Å²) in [6.45, 7) is 1.32. The van der Waals surface area contributed by atoms with Crippen molar-refractivity contribution < 1.29 is 29.1 Å². The van der Waals surface area contributed by atoms with Crippen LogP contribution in [0.15, 0.2) is 54.7 Å². The highest BCUT2D eigenvalue weighted by molar-refractivity contribution is 7.46. The minimum Gasteiger partial charge on any atom is -0.494 e. The second-order valence-electron chi connectivity index (χ2n) is 9.39. The van der Waals surface area contributed by atoms with Crippen LogP contribution in [0.2, 0.25) is 0 Å². The molecule has 3 rings (SSSR count). The molecule has 0 spiro atoms. The van der Waals surface area contributed by atoms with Crippen molar-refractivity contribution in [3.05, 3.63) is 65.9 Å². The second-order valence-corrected chi connectivity index (χ2v) is 10.6. The first-order valence-electron chi connectivity index (χ1n) is 12.5. The fourth-order valence-corrected chi connectivity index (χ4v) is 4.94. The number of hydrogen-bond donors (Lipinski definition) is 4. The van der Waals surface area contributed by atoms with E-state index in [1.807, 2.05) is 12.1 Å². The number of phosphoric acid groups is 1. The van der Waals surface area contributed by atoms with Gasteiger partial charge in [-0.15, -0.1) is 0 Å². The van der Waals surface area contributed by atoms with E-state index in [0.717, 1.165) is 17.4 Å². The monoisotopic (exact) mass is 503 g/mol. The van der Waals surface area contributed by atoms with E-state index in [1.165, 1.54) is 48.7 Å². The molecule has 7 nitrogen and oxygen atoms in total. The van der Waals surface area contributed by atoms with Crippen LogP contribution in [0.5, 0.6) is 5.88 Å². The zero-order valence-electron chi connectivity index (χ0n) is 20.5. The lowest BCUT2D eigenvalue weighted by Crippen LogP contribution is -2.42. The molecule has 0 radical (unpaired) electrons. The van der Waals surface area contributed by atoms with Crippen LogP contribution in [0.3, 0.4) is 0 Å². The summed E-state index contributed by atoms with van der Waals surface area (Å²) >= 11 is 0. The fourth-order valence-electron chi connectivity index (χ4n) is 4.53. The molecule has 8 heteroatoms. The summed E-state index contributed by atoms with van der Waals surface area (Å²) in [5.41, 5.74) is 1.08. The fraction of sp³-hybridized carbons (Fsp3) is 0.481. The number of aromatic hydroxyl groups is 1. The number of benzene rings is 2. The molecule has 4 N–H and O–H groups in total. The van der Waals surface area contributed by atoms with Crippen molar-refractivity contribution in [2.75, 3.05) is 13.2 Å². The van der Waals surface area contributed by atoms with Crippen molar-refractivity contribution in [1.82, 2.24) is 4.57 Å². The zero-order chi connectivity index (χ0) is 25.3. The molecule has 1 aromatic heterocycles. The van der Waals surface area contributed by atoms with Crippen LogP contribution < -0.4 is 0 Å². The molecule has 0 amide bonds. The third-order valence-corrected chi connectivity index (χ3v) is 7.19. The first-order chi connectivity index (χ1) is 16.8. The molecular formula is C27H38NO6P. The first-order valence-corrected chi connectivity index (χ1v) is 14.0. The van der Waals surface area contributed by atoms with E-state index in [0.29, 0.717) is 18.2 Å². The quantitative estimate of drug-likeness (QED) is 0.157. The van der Waals surface area contributed by atoms with Crippen LogP contribution in [0.4, 0.5) is 0 Å². The molecule has 192 valence electrons. The third-order valence-electron chi connectivity index (χ3n) is 6.73. The Balaban J connectivity index is 1.72. The standard InChI is InChI=1S/C27H38NO6P/c1-2-3-4-5-6-7-10-22-13-15-23(16-14-22)17-18-27(20-29,21-34-35(31,32)33)28-19-24-11-8-9-12-25(24)26(28)30/h8-9,11-16,19,29-30H,2-7,10,17-18,20-21H2,1H3,(H2,31,32,33)/t27-/m1/s1. The molecule has 0 aliphatic carbocycles. The normalized spacial score (nSPS) is 13.8. The lowest BCUT2D eigenvalue weighted by atomic mass is 9.91. The van der Waals surface area contributed by atoms with Gasteiger partial charge < -0.3 is 24.6 Å². The molecule has 0 aliphatic rings. The largest absolute Gasteiger partial charge is 0.494 e. The van der Waals surface area contributed by atoms with Crippen LogP contribution in [0, 0.1) is 0 Å². The lowest BCUT2D eigenvalue weighted by molar-refractivity contribution is 0.0470. The van der Waals surface area contributed by atoms with Crippen LogP contribution in [0.25, 0.3) is 10.8 Å². The highest BCUT2D eigenvalue weighted by atomic mass is 31.2. The number of aliphatic hydroxyl groups is 1. The van der Waals surface area contributed by atoms with Gasteiger partial charge in [0.25, 0.3) is 0 Å². The van der Waals surface area contributed by atoms with Gasteiger partial charge in [-0.3, -0.25) is 4.52 Å². The SMILES string of the molecule is CCCCCCCCc1ccc(CC[C@@](CO)(COP(=O)(O)O)n2cc3ccccc3c2O)cc1. The number of aryl methyl sites for hydroxylation is 2. The van der Waals surface area contributed by atoms with Crippen LogP contribution in [0.1, 0.15) is 63.0 Å². The van der Waals surface area contributed by atoms with Gasteiger partial charge in [0.2, 0.25) is 0 Å². The van der Waals surface area contributed by atoms with Crippen molar-refractivity contribution in [1.29, 1.82) is 0 Å². The molecular weight excluding hydrogens is 465 g/mol. The maximum absolute atomic E-state index is 11.5. The zero-order valence-corrected chi connectivity index (χ0v) is 21.4. The molecule has 35 heavy (non-hydrogen) atoms. The molecule has 0 aliphatic heterocycles. The van der Waals surface area contributed by atoms with Gasteiger partial charge in [-0.05, 0) is 42.9 Å². The van der Waals surface area contributed by atoms with Crippen molar-refractivity contribution in [3.63, 3.8) is 0 Å². The summed E-state index contributed by atoms with van der Waals surface area (Å²) in [6, 6.07) is 15.6. The van der Waals surface area contributed by atoms with E-state index in [4.69, 9.17) is 4.52 Å². The molecule has 1 heterocycles. The molecule has 0 fully saturated rings. The molecule has 3 aromatic rings. The number of rotatable bonds is 15. The number of fused-ring (bicyclic) bond motifs is 1. The number of aromatic nitrogens is 1. The molecule has 2 aromatic carbocycles. The Morgan fingerprint density at radius 3 is 2.17 bits per heavy atom. The molecule has 1 atom stereocenters. The van der Waals surface area contributed by atoms with Crippen molar-refractivity contribution in [2.24, 2.45) is 0 Å². The Morgan fingerprint density at radius 2 is 1.54 bits per heavy atom. The van der Waals surface area contributed by atoms with Crippen LogP contribution in [-0.4, -0.2) is 37.8 Å². The Hall–Kier alpha value is -2.15. The van der Waals surface area contributed by atoms with Crippen LogP contribution in [-0.2, 0) is 27.5 Å². The second kappa shape index (κ2) is 12.7. The first kappa shape index (κ1) is 27.4. The van der Waals surface area contributed by atoms with E-state index >= 15 is 0 Å². The predicted molar refractivity (Wildman–Crippen MR) is 139 cm³/mol. The Bertz CT molecular complexity index is 1110. The van der Waals surface area contributed by atoms with Crippen molar-refractivity contribution in [2.45, 2.75) is 70.3 Å². The number of phosphoric ester groups is 1. The van der Waals surface area contributed by atoms with Gasteiger partial charge >= 0.3 is 7.82 Å². The van der Waals surface area contributed by atoms with E-state index < -0.39 is 26.6 Å². The summed E-state index contributed by atoms with van der Waals surface area (Å²) < 4.78 is 17.8. The molecule has 0 saturated heterocycles. The molecule has 0 bridgehead atoms. The van der Waals surface area contributed by atoms with Crippen molar-refractivity contribution >= 4 is 18.6 Å². The van der Waals surface area contributed by atoms with Gasteiger partial charge in [0.15, 0.2) is 5.88 Å². The smallest absolute Gasteiger partial charge is 0.469 e. The third kappa shape index (κ3) is 7.66. The Labute approximate surface area is 207 Å². The number of unbranched alkanes of at least 4 members (excludes halogenated alkanes) is 5. The van der Waals surface area contributed by atoms with Gasteiger partial charge in [-0.1, -0.05) is 81.5 Å². The average Bonchev–Trinajstić information content (AvgIpc) is 3.19. The predicted octanol–water partition coefficient (Wildman–Crippen LogP) is 5.68. The lowest BCUT2D eigenvalue weighted by Gasteiger charge is -2.34. The van der Waals surface area contributed by atoms with Gasteiger partial charge in [0.05, 0.1) is 18.8 Å². The van der Waals surface area contributed by atoms with E-state index in [2.05, 4.69) is 31.2 Å². The molecule has 0 unspecified atom stereocenters. The highest BCUT2D eigenvalue weighted by Gasteiger charge is 2.36. The van der Waals surface area contributed by atoms with Crippen molar-refractivity contribution in [3.8, 4) is 5.88 Å². The van der Waals surface area contributed by atoms with Gasteiger partial charge in [-0.25, -0.2) is 4.57 Å². The maximum atomic E-state index is 11.5. The number of hydrogen-bond acceptors (Lipinski definition) is 4. The van der Waals surface area contributed by atoms with E-state index in [-0.39, 0.29) is 5.88 Å². The van der Waals surface area contributed by atoms with E-state index in [1.54, 1.807) is 18.3 Å². The maximum Gasteiger partial charge on any atom is 0.469 e. The summed E-state index contributed by atoms with van der Waals surface area (Å²) in [6.07, 6.45) is 11.2. The van der Waals surface area contributed by atoms with Gasteiger partial charge in [-0.2, -0.15) is 0 Å². The average molecular weight is 504 g/mol. The van der Waals surface area contributed by atoms with Crippen LogP contribution >= 0.6 is 7.82 Å². The summed E-state index contributed by atoms with van der Waals surface area (Å²) in [4.78, 5) is 18.6. The van der Waals surface area contributed by atoms with Gasteiger partial charge in [0, 0.05) is 17.0 Å². The minimum absolute atomic E-state index is 0.0711. The Kier molecular flexibility index (Phi) is 9.96. The van der Waals surface area contributed by atoms with Gasteiger partial charge in [0.1, 0.15) is 0 Å². The Morgan fingerprint density at radius 1 is 0.914 bits per heavy atom. The summed E-state index contributed by atoms with van der Waals surface area (Å²) in [7, 11) is -4.77. The minimum atomic E-state index is -4.77. The number of aliphatic hydroxyl groups excluding tert-OH is 1. The topological polar surface area (TPSA) is 112 Å². The van der Waals surface area contributed by atoms with E-state index in [9.17, 15) is 24.6 Å². The summed E-state index contributed by atoms with van der Waals surface area (Å²) in [5.74, 6) is -0.0711. The highest BCUT2D eigenvalue weighted by Crippen LogP contribution is 2.41. The molecule has 0 saturated carbocycles.